The van der Waals surface area contributed by atoms with Crippen molar-refractivity contribution in [3.63, 3.8) is 0 Å². The lowest BCUT2D eigenvalue weighted by molar-refractivity contribution is -0.129. The maximum Gasteiger partial charge on any atom is 0.241 e. The summed E-state index contributed by atoms with van der Waals surface area (Å²) in [4.78, 5) is 14.5. The van der Waals surface area contributed by atoms with Gasteiger partial charge in [0.15, 0.2) is 0 Å². The molecule has 1 fully saturated rings. The molecule has 1 atom stereocenters. The second-order valence-corrected chi connectivity index (χ2v) is 9.12. The zero-order valence-electron chi connectivity index (χ0n) is 16.9. The van der Waals surface area contributed by atoms with Crippen LogP contribution in [-0.2, 0) is 21.4 Å². The quantitative estimate of drug-likeness (QED) is 0.642. The van der Waals surface area contributed by atoms with Crippen molar-refractivity contribution in [2.75, 3.05) is 13.7 Å². The van der Waals surface area contributed by atoms with E-state index in [2.05, 4.69) is 10.8 Å². The fraction of sp³-hybridized carbons (Fsp3) is 0.217. The summed E-state index contributed by atoms with van der Waals surface area (Å²) in [5.74, 6) is 0.384. The first-order valence-electron chi connectivity index (χ1n) is 9.77. The van der Waals surface area contributed by atoms with E-state index in [0.29, 0.717) is 30.8 Å². The molecule has 0 aliphatic carbocycles. The first-order chi connectivity index (χ1) is 14.9. The van der Waals surface area contributed by atoms with Gasteiger partial charge >= 0.3 is 0 Å². The van der Waals surface area contributed by atoms with Gasteiger partial charge in [-0.1, -0.05) is 24.3 Å². The number of hydrogen-bond acceptors (Lipinski definition) is 5. The fourth-order valence-corrected chi connectivity index (χ4v) is 4.92. The van der Waals surface area contributed by atoms with Gasteiger partial charge in [0.2, 0.25) is 15.9 Å². The molecule has 1 aliphatic heterocycles. The van der Waals surface area contributed by atoms with Crippen molar-refractivity contribution in [3.8, 4) is 11.8 Å². The van der Waals surface area contributed by atoms with Crippen LogP contribution in [0.3, 0.4) is 0 Å². The molecule has 1 N–H and O–H groups in total. The second-order valence-electron chi connectivity index (χ2n) is 7.41. The lowest BCUT2D eigenvalue weighted by atomic mass is 10.1. The first-order valence-corrected chi connectivity index (χ1v) is 11.3. The normalized spacial score (nSPS) is 16.5. The minimum absolute atomic E-state index is 0.103. The van der Waals surface area contributed by atoms with Crippen LogP contribution >= 0.6 is 0 Å². The van der Waals surface area contributed by atoms with E-state index in [1.54, 1.807) is 54.5 Å². The van der Waals surface area contributed by atoms with Crippen LogP contribution in [0.4, 0.5) is 0 Å². The molecule has 31 heavy (non-hydrogen) atoms. The summed E-state index contributed by atoms with van der Waals surface area (Å²) in [5.41, 5.74) is 1.44. The Hall–Kier alpha value is -3.41. The second kappa shape index (κ2) is 8.38. The maximum atomic E-state index is 12.9. The number of hydrogen-bond donors (Lipinski definition) is 1. The Balaban J connectivity index is 1.48. The van der Waals surface area contributed by atoms with E-state index in [1.165, 1.54) is 6.07 Å². The van der Waals surface area contributed by atoms with Crippen molar-refractivity contribution in [2.45, 2.75) is 23.9 Å². The molecule has 0 saturated carbocycles. The molecule has 1 saturated heterocycles. The minimum atomic E-state index is -3.87. The molecule has 0 radical (unpaired) electrons. The summed E-state index contributed by atoms with van der Waals surface area (Å²) in [7, 11) is -2.31. The van der Waals surface area contributed by atoms with Crippen molar-refractivity contribution in [1.82, 2.24) is 9.62 Å². The van der Waals surface area contributed by atoms with Crippen molar-refractivity contribution in [2.24, 2.45) is 0 Å². The molecule has 1 aliphatic rings. The van der Waals surface area contributed by atoms with Crippen molar-refractivity contribution < 1.29 is 17.9 Å². The number of methoxy groups -OCH3 is 1. The van der Waals surface area contributed by atoms with Gasteiger partial charge in [0.25, 0.3) is 0 Å². The van der Waals surface area contributed by atoms with Gasteiger partial charge in [0.05, 0.1) is 23.6 Å². The molecule has 1 heterocycles. The molecule has 0 unspecified atom stereocenters. The molecule has 8 heteroatoms. The molecule has 0 bridgehead atoms. The smallest absolute Gasteiger partial charge is 0.241 e. The number of nitriles is 1. The number of likely N-dealkylation sites (tertiary alicyclic amines) is 1. The molecule has 158 valence electrons. The van der Waals surface area contributed by atoms with Crippen LogP contribution in [-0.4, -0.2) is 38.9 Å². The lowest BCUT2D eigenvalue weighted by Gasteiger charge is -2.17. The summed E-state index contributed by atoms with van der Waals surface area (Å²) in [6, 6.07) is 18.5. The molecule has 4 rings (SSSR count). The Morgan fingerprint density at radius 3 is 2.55 bits per heavy atom. The van der Waals surface area contributed by atoms with Gasteiger partial charge in [-0.3, -0.25) is 4.79 Å². The standard InChI is InChI=1S/C23H21N3O4S/c1-30-20-8-6-18-7-9-21(13-19(18)12-20)31(28,29)25-22-10-11-26(23(22)27)15-17-4-2-16(14-24)3-5-17/h2-9,12-13,22,25H,10-11,15H2,1H3/t22-/m0/s1. The number of nitrogens with one attached hydrogen (secondary N) is 1. The van der Waals surface area contributed by atoms with Crippen LogP contribution in [0.5, 0.6) is 5.75 Å². The zero-order chi connectivity index (χ0) is 22.0. The van der Waals surface area contributed by atoms with Crippen LogP contribution in [0.1, 0.15) is 17.5 Å². The SMILES string of the molecule is COc1ccc2ccc(S(=O)(=O)N[C@H]3CCN(Cc4ccc(C#N)cc4)C3=O)cc2c1. The van der Waals surface area contributed by atoms with Crippen molar-refractivity contribution >= 4 is 26.7 Å². The summed E-state index contributed by atoms with van der Waals surface area (Å²) in [6.45, 7) is 0.833. The van der Waals surface area contributed by atoms with Crippen LogP contribution in [0, 0.1) is 11.3 Å². The molecular formula is C23H21N3O4S. The summed E-state index contributed by atoms with van der Waals surface area (Å²) in [5, 5.41) is 10.5. The third-order valence-corrected chi connectivity index (χ3v) is 6.85. The van der Waals surface area contributed by atoms with Gasteiger partial charge in [0, 0.05) is 13.1 Å². The van der Waals surface area contributed by atoms with Crippen LogP contribution < -0.4 is 9.46 Å². The van der Waals surface area contributed by atoms with Gasteiger partial charge in [-0.25, -0.2) is 8.42 Å². The lowest BCUT2D eigenvalue weighted by Crippen LogP contribution is -2.41. The number of rotatable bonds is 6. The summed E-state index contributed by atoms with van der Waals surface area (Å²) in [6.07, 6.45) is 0.399. The summed E-state index contributed by atoms with van der Waals surface area (Å²) < 4.78 is 33.6. The van der Waals surface area contributed by atoms with E-state index in [4.69, 9.17) is 10.00 Å². The van der Waals surface area contributed by atoms with E-state index >= 15 is 0 Å². The Labute approximate surface area is 180 Å². The molecule has 3 aromatic rings. The monoisotopic (exact) mass is 435 g/mol. The largest absolute Gasteiger partial charge is 0.497 e. The molecular weight excluding hydrogens is 414 g/mol. The van der Waals surface area contributed by atoms with Crippen molar-refractivity contribution in [3.05, 3.63) is 71.8 Å². The Bertz CT molecular complexity index is 1280. The van der Waals surface area contributed by atoms with E-state index in [9.17, 15) is 13.2 Å². The zero-order valence-corrected chi connectivity index (χ0v) is 17.7. The Morgan fingerprint density at radius 1 is 1.10 bits per heavy atom. The summed E-state index contributed by atoms with van der Waals surface area (Å²) >= 11 is 0. The third kappa shape index (κ3) is 4.38. The average molecular weight is 436 g/mol. The van der Waals surface area contributed by atoms with Crippen LogP contribution in [0.15, 0.2) is 65.6 Å². The highest BCUT2D eigenvalue weighted by molar-refractivity contribution is 7.89. The van der Waals surface area contributed by atoms with Gasteiger partial charge < -0.3 is 9.64 Å². The number of carbonyl (C=O) groups is 1. The average Bonchev–Trinajstić information content (AvgIpc) is 3.12. The molecule has 0 aromatic heterocycles. The van der Waals surface area contributed by atoms with E-state index in [0.717, 1.165) is 16.3 Å². The molecule has 1 amide bonds. The third-order valence-electron chi connectivity index (χ3n) is 5.38. The van der Waals surface area contributed by atoms with E-state index in [-0.39, 0.29) is 10.8 Å². The first kappa shape index (κ1) is 20.8. The number of fused-ring (bicyclic) bond motifs is 1. The van der Waals surface area contributed by atoms with E-state index in [1.807, 2.05) is 12.1 Å². The van der Waals surface area contributed by atoms with E-state index < -0.39 is 16.1 Å². The number of ether oxygens (including phenoxy) is 1. The van der Waals surface area contributed by atoms with Gasteiger partial charge in [-0.15, -0.1) is 0 Å². The highest BCUT2D eigenvalue weighted by Crippen LogP contribution is 2.25. The minimum Gasteiger partial charge on any atom is -0.497 e. The maximum absolute atomic E-state index is 12.9. The molecule has 3 aromatic carbocycles. The van der Waals surface area contributed by atoms with Crippen LogP contribution in [0.25, 0.3) is 10.8 Å². The number of sulfonamides is 1. The number of nitrogens with zero attached hydrogens (tertiary/aromatic N) is 2. The molecule has 0 spiro atoms. The van der Waals surface area contributed by atoms with Crippen molar-refractivity contribution in [1.29, 1.82) is 5.26 Å². The van der Waals surface area contributed by atoms with Gasteiger partial charge in [-0.05, 0) is 59.2 Å². The molecule has 7 nitrogen and oxygen atoms in total. The fourth-order valence-electron chi connectivity index (χ4n) is 3.66. The topological polar surface area (TPSA) is 99.5 Å². The van der Waals surface area contributed by atoms with Gasteiger partial charge in [0.1, 0.15) is 11.8 Å². The van der Waals surface area contributed by atoms with Crippen LogP contribution in [0.2, 0.25) is 0 Å². The number of benzene rings is 3. The highest BCUT2D eigenvalue weighted by atomic mass is 32.2. The Kier molecular flexibility index (Phi) is 5.63. The predicted molar refractivity (Wildman–Crippen MR) is 116 cm³/mol. The highest BCUT2D eigenvalue weighted by Gasteiger charge is 2.34. The number of carbonyl (C=O) groups excluding carboxylic acids is 1. The number of amides is 1. The predicted octanol–water partition coefficient (Wildman–Crippen LogP) is 2.80. The van der Waals surface area contributed by atoms with Gasteiger partial charge in [-0.2, -0.15) is 9.98 Å². The Morgan fingerprint density at radius 2 is 1.84 bits per heavy atom.